The van der Waals surface area contributed by atoms with E-state index in [0.29, 0.717) is 6.42 Å². The van der Waals surface area contributed by atoms with Crippen molar-refractivity contribution in [3.05, 3.63) is 65.2 Å². The van der Waals surface area contributed by atoms with E-state index in [1.165, 1.54) is 0 Å². The van der Waals surface area contributed by atoms with Gasteiger partial charge in [0.1, 0.15) is 11.4 Å². The van der Waals surface area contributed by atoms with E-state index in [2.05, 4.69) is 46.0 Å². The molecule has 0 aliphatic heterocycles. The molecule has 2 aromatic carbocycles. The zero-order valence-corrected chi connectivity index (χ0v) is 18.4. The van der Waals surface area contributed by atoms with Gasteiger partial charge in [0.2, 0.25) is 0 Å². The molecule has 0 amide bonds. The van der Waals surface area contributed by atoms with Crippen molar-refractivity contribution in [1.29, 1.82) is 0 Å². The Balaban J connectivity index is 1.90. The highest BCUT2D eigenvalue weighted by atomic mass is 28.4. The quantitative estimate of drug-likeness (QED) is 0.699. The van der Waals surface area contributed by atoms with Gasteiger partial charge in [-0.2, -0.15) is 0 Å². The summed E-state index contributed by atoms with van der Waals surface area (Å²) in [7, 11) is -1.97. The number of aliphatic hydroxyl groups is 1. The number of fused-ring (bicyclic) bond motifs is 1. The highest BCUT2D eigenvalue weighted by Crippen LogP contribution is 2.44. The molecule has 1 aliphatic carbocycles. The van der Waals surface area contributed by atoms with E-state index in [9.17, 15) is 5.11 Å². The third kappa shape index (κ3) is 3.98. The Morgan fingerprint density at radius 1 is 1.07 bits per heavy atom. The molecule has 0 saturated carbocycles. The topological polar surface area (TPSA) is 38.7 Å². The lowest BCUT2D eigenvalue weighted by atomic mass is 9.98. The maximum Gasteiger partial charge on any atom is 0.192 e. The van der Waals surface area contributed by atoms with Gasteiger partial charge in [-0.15, -0.1) is 0 Å². The molecule has 3 nitrogen and oxygen atoms in total. The van der Waals surface area contributed by atoms with Crippen molar-refractivity contribution in [1.82, 2.24) is 0 Å². The Morgan fingerprint density at radius 2 is 1.70 bits per heavy atom. The molecule has 0 unspecified atom stereocenters. The monoisotopic (exact) mass is 384 g/mol. The first-order chi connectivity index (χ1) is 12.5. The predicted molar refractivity (Wildman–Crippen MR) is 113 cm³/mol. The van der Waals surface area contributed by atoms with Crippen molar-refractivity contribution in [2.24, 2.45) is 0 Å². The molecular formula is C23H32O3Si. The molecule has 1 N–H and O–H groups in total. The fraction of sp³-hybridized carbons (Fsp3) is 0.478. The molecule has 0 saturated heterocycles. The molecule has 0 bridgehead atoms. The Hall–Kier alpha value is -1.62. The summed E-state index contributed by atoms with van der Waals surface area (Å²) in [4.78, 5) is 0. The minimum atomic E-state index is -1.97. The van der Waals surface area contributed by atoms with Crippen LogP contribution >= 0.6 is 0 Å². The lowest BCUT2D eigenvalue weighted by molar-refractivity contribution is -0.0814. The minimum absolute atomic E-state index is 0.0984. The van der Waals surface area contributed by atoms with E-state index >= 15 is 0 Å². The molecule has 4 heteroatoms. The molecule has 0 aromatic heterocycles. The normalized spacial score (nSPS) is 22.6. The lowest BCUT2D eigenvalue weighted by Gasteiger charge is -2.40. The number of hydrogen-bond donors (Lipinski definition) is 1. The second kappa shape index (κ2) is 7.08. The smallest absolute Gasteiger partial charge is 0.192 e. The molecule has 1 aliphatic rings. The van der Waals surface area contributed by atoms with Crippen LogP contribution in [0.25, 0.3) is 0 Å². The van der Waals surface area contributed by atoms with Crippen molar-refractivity contribution in [3.8, 4) is 5.75 Å². The van der Waals surface area contributed by atoms with Gasteiger partial charge in [0, 0.05) is 6.42 Å². The highest BCUT2D eigenvalue weighted by molar-refractivity contribution is 6.74. The third-order valence-corrected chi connectivity index (χ3v) is 10.6. The zero-order valence-electron chi connectivity index (χ0n) is 17.4. The number of rotatable bonds is 5. The van der Waals surface area contributed by atoms with Crippen LogP contribution in [0, 0.1) is 6.92 Å². The summed E-state index contributed by atoms with van der Waals surface area (Å²) in [6.07, 6.45) is 0.119. The van der Waals surface area contributed by atoms with Gasteiger partial charge in [0.15, 0.2) is 14.4 Å². The van der Waals surface area contributed by atoms with Crippen LogP contribution in [0.15, 0.2) is 48.5 Å². The lowest BCUT2D eigenvalue weighted by Crippen LogP contribution is -2.49. The van der Waals surface area contributed by atoms with E-state index in [1.807, 2.05) is 43.3 Å². The van der Waals surface area contributed by atoms with Gasteiger partial charge in [0.05, 0.1) is 6.61 Å². The molecule has 146 valence electrons. The highest BCUT2D eigenvalue weighted by Gasteiger charge is 2.49. The minimum Gasteiger partial charge on any atom is -0.482 e. The molecule has 27 heavy (non-hydrogen) atoms. The first kappa shape index (κ1) is 20.1. The van der Waals surface area contributed by atoms with Crippen LogP contribution in [-0.2, 0) is 10.8 Å². The maximum absolute atomic E-state index is 11.6. The van der Waals surface area contributed by atoms with Crippen LogP contribution in [0.2, 0.25) is 18.1 Å². The average molecular weight is 385 g/mol. The molecule has 0 heterocycles. The fourth-order valence-corrected chi connectivity index (χ4v) is 4.34. The van der Waals surface area contributed by atoms with Gasteiger partial charge in [-0.25, -0.2) is 0 Å². The van der Waals surface area contributed by atoms with Crippen LogP contribution in [0.4, 0.5) is 0 Å². The summed E-state index contributed by atoms with van der Waals surface area (Å²) in [5.41, 5.74) is 2.19. The van der Waals surface area contributed by atoms with Gasteiger partial charge >= 0.3 is 0 Å². The summed E-state index contributed by atoms with van der Waals surface area (Å²) in [5.74, 6) is 0.810. The van der Waals surface area contributed by atoms with Gasteiger partial charge in [0.25, 0.3) is 0 Å². The Bertz CT molecular complexity index is 809. The number of para-hydroxylation sites is 1. The Morgan fingerprint density at radius 3 is 2.37 bits per heavy atom. The molecule has 2 aromatic rings. The van der Waals surface area contributed by atoms with Gasteiger partial charge < -0.3 is 14.3 Å². The van der Waals surface area contributed by atoms with Crippen molar-refractivity contribution in [2.45, 2.75) is 64.0 Å². The SMILES string of the molecule is Cc1ccccc1O[C@H]1c2ccccc2C[C@@]1(O)CO[Si](C)(C)C(C)(C)C. The van der Waals surface area contributed by atoms with Gasteiger partial charge in [-0.1, -0.05) is 63.2 Å². The Kier molecular flexibility index (Phi) is 5.28. The van der Waals surface area contributed by atoms with E-state index in [-0.39, 0.29) is 11.6 Å². The molecule has 2 atom stereocenters. The molecular weight excluding hydrogens is 352 g/mol. The summed E-state index contributed by atoms with van der Waals surface area (Å²) in [6, 6.07) is 16.1. The number of aryl methyl sites for hydroxylation is 1. The number of benzene rings is 2. The van der Waals surface area contributed by atoms with Gasteiger partial charge in [-0.3, -0.25) is 0 Å². The number of ether oxygens (including phenoxy) is 1. The molecule has 0 fully saturated rings. The van der Waals surface area contributed by atoms with E-state index in [4.69, 9.17) is 9.16 Å². The summed E-state index contributed by atoms with van der Waals surface area (Å²) >= 11 is 0. The van der Waals surface area contributed by atoms with Crippen LogP contribution in [-0.4, -0.2) is 25.6 Å². The second-order valence-corrected chi connectivity index (χ2v) is 14.1. The van der Waals surface area contributed by atoms with Crippen LogP contribution in [0.1, 0.15) is 43.6 Å². The van der Waals surface area contributed by atoms with Crippen molar-refractivity contribution in [3.63, 3.8) is 0 Å². The van der Waals surface area contributed by atoms with Crippen LogP contribution < -0.4 is 4.74 Å². The standard InChI is InChI=1S/C23H32O3Si/c1-17-11-7-10-14-20(17)26-21-19-13-9-8-12-18(19)15-23(21,24)16-25-27(5,6)22(2,3)4/h7-14,21,24H,15-16H2,1-6H3/t21-,23+/m0/s1. The summed E-state index contributed by atoms with van der Waals surface area (Å²) < 4.78 is 12.8. The van der Waals surface area contributed by atoms with E-state index in [0.717, 1.165) is 22.4 Å². The predicted octanol–water partition coefficient (Wildman–Crippen LogP) is 5.42. The maximum atomic E-state index is 11.6. The van der Waals surface area contributed by atoms with Gasteiger partial charge in [-0.05, 0) is 47.8 Å². The summed E-state index contributed by atoms with van der Waals surface area (Å²) in [5, 5.41) is 11.7. The van der Waals surface area contributed by atoms with Crippen LogP contribution in [0.5, 0.6) is 5.75 Å². The molecule has 3 rings (SSSR count). The zero-order chi connectivity index (χ0) is 19.9. The molecule has 0 radical (unpaired) electrons. The summed E-state index contributed by atoms with van der Waals surface area (Å²) in [6.45, 7) is 13.4. The van der Waals surface area contributed by atoms with E-state index in [1.54, 1.807) is 0 Å². The van der Waals surface area contributed by atoms with Crippen molar-refractivity contribution in [2.75, 3.05) is 6.61 Å². The largest absolute Gasteiger partial charge is 0.482 e. The van der Waals surface area contributed by atoms with Crippen molar-refractivity contribution < 1.29 is 14.3 Å². The average Bonchev–Trinajstić information content (AvgIpc) is 2.87. The number of hydrogen-bond acceptors (Lipinski definition) is 3. The van der Waals surface area contributed by atoms with Crippen LogP contribution in [0.3, 0.4) is 0 Å². The fourth-order valence-electron chi connectivity index (χ4n) is 3.30. The molecule has 0 spiro atoms. The first-order valence-electron chi connectivity index (χ1n) is 9.70. The second-order valence-electron chi connectivity index (χ2n) is 9.29. The van der Waals surface area contributed by atoms with E-state index < -0.39 is 20.0 Å². The van der Waals surface area contributed by atoms with Crippen molar-refractivity contribution >= 4 is 8.32 Å². The third-order valence-electron chi connectivity index (χ3n) is 6.15. The first-order valence-corrected chi connectivity index (χ1v) is 12.6. The Labute approximate surface area is 164 Å².